The maximum Gasteiger partial charge on any atom is 0.121 e. The Kier molecular flexibility index (Phi) is 3.92. The van der Waals surface area contributed by atoms with E-state index in [1.54, 1.807) is 18.2 Å². The van der Waals surface area contributed by atoms with Crippen LogP contribution in [0.15, 0.2) is 22.7 Å². The summed E-state index contributed by atoms with van der Waals surface area (Å²) in [5.41, 5.74) is 6.35. The summed E-state index contributed by atoms with van der Waals surface area (Å²) in [5, 5.41) is 19.1. The zero-order chi connectivity index (χ0) is 10.7. The number of aliphatic hydroxyl groups is 1. The molecule has 0 saturated carbocycles. The first-order valence-corrected chi connectivity index (χ1v) is 5.27. The second-order valence-corrected chi connectivity index (χ2v) is 4.12. The number of aliphatic hydroxyl groups excluding tert-OH is 1. The fourth-order valence-corrected chi connectivity index (χ4v) is 1.61. The van der Waals surface area contributed by atoms with Gasteiger partial charge >= 0.3 is 0 Å². The van der Waals surface area contributed by atoms with E-state index in [0.29, 0.717) is 12.0 Å². The highest BCUT2D eigenvalue weighted by Gasteiger charge is 2.17. The van der Waals surface area contributed by atoms with Crippen LogP contribution in [0.2, 0.25) is 0 Å². The van der Waals surface area contributed by atoms with Crippen LogP contribution in [-0.4, -0.2) is 16.3 Å². The third-order valence-corrected chi connectivity index (χ3v) is 2.68. The van der Waals surface area contributed by atoms with Crippen LogP contribution >= 0.6 is 15.9 Å². The van der Waals surface area contributed by atoms with E-state index < -0.39 is 12.1 Å². The molecule has 78 valence electrons. The smallest absolute Gasteiger partial charge is 0.121 e. The van der Waals surface area contributed by atoms with E-state index in [0.717, 1.165) is 4.47 Å². The van der Waals surface area contributed by atoms with Crippen LogP contribution in [0.3, 0.4) is 0 Å². The monoisotopic (exact) mass is 259 g/mol. The van der Waals surface area contributed by atoms with Gasteiger partial charge in [0.15, 0.2) is 0 Å². The molecular weight excluding hydrogens is 246 g/mol. The Hall–Kier alpha value is -0.580. The third kappa shape index (κ3) is 2.47. The van der Waals surface area contributed by atoms with Gasteiger partial charge in [0.1, 0.15) is 5.75 Å². The molecule has 0 heterocycles. The van der Waals surface area contributed by atoms with Crippen LogP contribution in [0, 0.1) is 0 Å². The minimum Gasteiger partial charge on any atom is -0.508 e. The second-order valence-electron chi connectivity index (χ2n) is 3.20. The number of nitrogens with two attached hydrogens (primary N) is 1. The van der Waals surface area contributed by atoms with E-state index in [9.17, 15) is 10.2 Å². The molecule has 0 saturated heterocycles. The van der Waals surface area contributed by atoms with Gasteiger partial charge in [-0.1, -0.05) is 28.9 Å². The summed E-state index contributed by atoms with van der Waals surface area (Å²) in [4.78, 5) is 0. The normalized spacial score (nSPS) is 15.1. The van der Waals surface area contributed by atoms with E-state index >= 15 is 0 Å². The van der Waals surface area contributed by atoms with Gasteiger partial charge in [-0.2, -0.15) is 0 Å². The number of phenolic OH excluding ortho intramolecular Hbond substituents is 1. The number of rotatable bonds is 3. The van der Waals surface area contributed by atoms with Gasteiger partial charge in [0.2, 0.25) is 0 Å². The van der Waals surface area contributed by atoms with Crippen molar-refractivity contribution in [1.29, 1.82) is 0 Å². The molecule has 0 aliphatic heterocycles. The fourth-order valence-electron chi connectivity index (χ4n) is 1.26. The number of aromatic hydroxyl groups is 1. The lowest BCUT2D eigenvalue weighted by molar-refractivity contribution is 0.139. The molecule has 4 N–H and O–H groups in total. The summed E-state index contributed by atoms with van der Waals surface area (Å²) in [6.45, 7) is 1.85. The molecule has 0 fully saturated rings. The van der Waals surface area contributed by atoms with E-state index in [2.05, 4.69) is 15.9 Å². The highest BCUT2D eigenvalue weighted by atomic mass is 79.9. The molecule has 2 unspecified atom stereocenters. The Labute approximate surface area is 91.7 Å². The highest BCUT2D eigenvalue weighted by molar-refractivity contribution is 9.10. The molecule has 1 aromatic carbocycles. The summed E-state index contributed by atoms with van der Waals surface area (Å²) < 4.78 is 0.789. The van der Waals surface area contributed by atoms with E-state index in [1.165, 1.54) is 0 Å². The number of benzene rings is 1. The number of hydrogen-bond donors (Lipinski definition) is 3. The Morgan fingerprint density at radius 2 is 2.14 bits per heavy atom. The lowest BCUT2D eigenvalue weighted by atomic mass is 10.00. The van der Waals surface area contributed by atoms with Crippen LogP contribution in [0.25, 0.3) is 0 Å². The molecule has 3 nitrogen and oxygen atoms in total. The molecule has 0 bridgehead atoms. The number of hydrogen-bond acceptors (Lipinski definition) is 3. The molecule has 0 spiro atoms. The maximum absolute atomic E-state index is 9.59. The molecule has 14 heavy (non-hydrogen) atoms. The topological polar surface area (TPSA) is 66.5 Å². The van der Waals surface area contributed by atoms with Crippen LogP contribution in [0.4, 0.5) is 0 Å². The molecule has 0 aliphatic carbocycles. The highest BCUT2D eigenvalue weighted by Crippen LogP contribution is 2.28. The first-order valence-electron chi connectivity index (χ1n) is 4.48. The SMILES string of the molecule is CCC(O)C(N)c1ccc(Br)cc1O. The average molecular weight is 260 g/mol. The van der Waals surface area contributed by atoms with Crippen molar-refractivity contribution in [3.8, 4) is 5.75 Å². The van der Waals surface area contributed by atoms with Gasteiger partial charge in [0.05, 0.1) is 12.1 Å². The fraction of sp³-hybridized carbons (Fsp3) is 0.400. The minimum atomic E-state index is -0.623. The lowest BCUT2D eigenvalue weighted by Crippen LogP contribution is -2.25. The van der Waals surface area contributed by atoms with Gasteiger partial charge in [0.25, 0.3) is 0 Å². The maximum atomic E-state index is 9.59. The summed E-state index contributed by atoms with van der Waals surface area (Å²) in [7, 11) is 0. The van der Waals surface area contributed by atoms with Crippen molar-refractivity contribution in [2.45, 2.75) is 25.5 Å². The number of phenols is 1. The lowest BCUT2D eigenvalue weighted by Gasteiger charge is -2.18. The average Bonchev–Trinajstić information content (AvgIpc) is 2.15. The largest absolute Gasteiger partial charge is 0.508 e. The predicted octanol–water partition coefficient (Wildman–Crippen LogP) is 1.93. The molecule has 0 aliphatic rings. The Morgan fingerprint density at radius 3 is 2.64 bits per heavy atom. The van der Waals surface area contributed by atoms with Gasteiger partial charge in [-0.25, -0.2) is 0 Å². The molecule has 0 radical (unpaired) electrons. The molecule has 2 atom stereocenters. The van der Waals surface area contributed by atoms with Crippen LogP contribution in [-0.2, 0) is 0 Å². The Morgan fingerprint density at radius 1 is 1.50 bits per heavy atom. The molecular formula is C10H14BrNO2. The quantitative estimate of drug-likeness (QED) is 0.777. The Balaban J connectivity index is 2.95. The van der Waals surface area contributed by atoms with Crippen molar-refractivity contribution in [2.75, 3.05) is 0 Å². The summed E-state index contributed by atoms with van der Waals surface area (Å²) in [6.07, 6.45) is -0.0569. The van der Waals surface area contributed by atoms with Crippen molar-refractivity contribution < 1.29 is 10.2 Å². The molecule has 0 aromatic heterocycles. The summed E-state index contributed by atoms with van der Waals surface area (Å²) >= 11 is 3.24. The Bertz CT molecular complexity index is 317. The van der Waals surface area contributed by atoms with Crippen molar-refractivity contribution in [3.63, 3.8) is 0 Å². The van der Waals surface area contributed by atoms with Crippen LogP contribution in [0.5, 0.6) is 5.75 Å². The van der Waals surface area contributed by atoms with Crippen LogP contribution in [0.1, 0.15) is 24.9 Å². The van der Waals surface area contributed by atoms with E-state index in [4.69, 9.17) is 5.73 Å². The van der Waals surface area contributed by atoms with Crippen molar-refractivity contribution in [2.24, 2.45) is 5.73 Å². The molecule has 1 aromatic rings. The molecule has 0 amide bonds. The minimum absolute atomic E-state index is 0.111. The van der Waals surface area contributed by atoms with Gasteiger partial charge in [-0.05, 0) is 18.6 Å². The summed E-state index contributed by atoms with van der Waals surface area (Å²) in [6, 6.07) is 4.53. The zero-order valence-electron chi connectivity index (χ0n) is 7.94. The first-order chi connectivity index (χ1) is 6.56. The van der Waals surface area contributed by atoms with Crippen molar-refractivity contribution in [1.82, 2.24) is 0 Å². The standard InChI is InChI=1S/C10H14BrNO2/c1-2-8(13)10(12)7-4-3-6(11)5-9(7)14/h3-5,8,10,13-14H,2,12H2,1H3. The van der Waals surface area contributed by atoms with Crippen molar-refractivity contribution in [3.05, 3.63) is 28.2 Å². The van der Waals surface area contributed by atoms with Crippen molar-refractivity contribution >= 4 is 15.9 Å². The second kappa shape index (κ2) is 4.77. The van der Waals surface area contributed by atoms with E-state index in [-0.39, 0.29) is 5.75 Å². The summed E-state index contributed by atoms with van der Waals surface area (Å²) in [5.74, 6) is 0.111. The van der Waals surface area contributed by atoms with Gasteiger partial charge in [0, 0.05) is 10.0 Å². The molecule has 1 rings (SSSR count). The van der Waals surface area contributed by atoms with Gasteiger partial charge < -0.3 is 15.9 Å². The first kappa shape index (κ1) is 11.5. The van der Waals surface area contributed by atoms with Crippen LogP contribution < -0.4 is 5.73 Å². The number of halogens is 1. The predicted molar refractivity (Wildman–Crippen MR) is 59.0 cm³/mol. The van der Waals surface area contributed by atoms with E-state index in [1.807, 2.05) is 6.92 Å². The van der Waals surface area contributed by atoms with Gasteiger partial charge in [-0.15, -0.1) is 0 Å². The molecule has 4 heteroatoms. The third-order valence-electron chi connectivity index (χ3n) is 2.18. The zero-order valence-corrected chi connectivity index (χ0v) is 9.53. The van der Waals surface area contributed by atoms with Gasteiger partial charge in [-0.3, -0.25) is 0 Å².